The van der Waals surface area contributed by atoms with Crippen molar-refractivity contribution >= 4 is 11.7 Å². The van der Waals surface area contributed by atoms with Gasteiger partial charge in [-0.2, -0.15) is 0 Å². The van der Waals surface area contributed by atoms with Crippen LogP contribution in [0.15, 0.2) is 5.16 Å². The standard InChI is InChI=1S/C9H15N3O2/c1-5-7(8(10)11-14)4-12(9(5)13)6-2-3-6/h5-7,14H,2-4H2,1H3,(H2,10,11)/t5-,7-/m0/s1. The maximum atomic E-state index is 11.8. The predicted octanol–water partition coefficient (Wildman–Crippen LogP) is -0.0103. The van der Waals surface area contributed by atoms with Gasteiger partial charge in [-0.15, -0.1) is 0 Å². The highest BCUT2D eigenvalue weighted by Crippen LogP contribution is 2.35. The first-order valence-electron chi connectivity index (χ1n) is 4.93. The van der Waals surface area contributed by atoms with Crippen molar-refractivity contribution in [2.75, 3.05) is 6.54 Å². The zero-order chi connectivity index (χ0) is 10.3. The van der Waals surface area contributed by atoms with E-state index in [4.69, 9.17) is 10.9 Å². The summed E-state index contributed by atoms with van der Waals surface area (Å²) in [6.45, 7) is 2.45. The minimum atomic E-state index is -0.147. The molecule has 0 aromatic rings. The molecule has 2 fully saturated rings. The Kier molecular flexibility index (Phi) is 2.09. The summed E-state index contributed by atoms with van der Waals surface area (Å²) in [5.74, 6) is 0.0534. The van der Waals surface area contributed by atoms with Gasteiger partial charge in [-0.3, -0.25) is 4.79 Å². The van der Waals surface area contributed by atoms with E-state index in [0.717, 1.165) is 12.8 Å². The van der Waals surface area contributed by atoms with Crippen molar-refractivity contribution in [2.45, 2.75) is 25.8 Å². The third-order valence-corrected chi connectivity index (χ3v) is 3.15. The molecule has 1 saturated heterocycles. The van der Waals surface area contributed by atoms with Crippen LogP contribution in [0.25, 0.3) is 0 Å². The number of amides is 1. The van der Waals surface area contributed by atoms with Gasteiger partial charge in [0.2, 0.25) is 5.91 Å². The second-order valence-electron chi connectivity index (χ2n) is 4.14. The van der Waals surface area contributed by atoms with Gasteiger partial charge in [0, 0.05) is 24.4 Å². The lowest BCUT2D eigenvalue weighted by Gasteiger charge is -2.14. The van der Waals surface area contributed by atoms with Gasteiger partial charge in [-0.05, 0) is 12.8 Å². The lowest BCUT2D eigenvalue weighted by Crippen LogP contribution is -2.30. The third-order valence-electron chi connectivity index (χ3n) is 3.15. The zero-order valence-corrected chi connectivity index (χ0v) is 8.18. The molecule has 3 N–H and O–H groups in total. The fraction of sp³-hybridized carbons (Fsp3) is 0.778. The number of oxime groups is 1. The van der Waals surface area contributed by atoms with Crippen molar-refractivity contribution in [3.05, 3.63) is 0 Å². The molecule has 0 bridgehead atoms. The Morgan fingerprint density at radius 2 is 2.29 bits per heavy atom. The number of carbonyl (C=O) groups excluding carboxylic acids is 1. The Balaban J connectivity index is 2.12. The molecule has 2 atom stereocenters. The lowest BCUT2D eigenvalue weighted by molar-refractivity contribution is -0.131. The van der Waals surface area contributed by atoms with Gasteiger partial charge in [0.15, 0.2) is 0 Å². The van der Waals surface area contributed by atoms with Crippen LogP contribution in [0, 0.1) is 11.8 Å². The minimum Gasteiger partial charge on any atom is -0.409 e. The molecule has 5 nitrogen and oxygen atoms in total. The van der Waals surface area contributed by atoms with Crippen LogP contribution in [0.1, 0.15) is 19.8 Å². The smallest absolute Gasteiger partial charge is 0.226 e. The Morgan fingerprint density at radius 3 is 2.79 bits per heavy atom. The summed E-state index contributed by atoms with van der Waals surface area (Å²) < 4.78 is 0. The molecule has 0 radical (unpaired) electrons. The molecule has 0 unspecified atom stereocenters. The SMILES string of the molecule is C[C@@H]1C(=O)N(C2CC2)C[C@@H]1C(N)=NO. The van der Waals surface area contributed by atoms with Crippen molar-refractivity contribution in [1.29, 1.82) is 0 Å². The first kappa shape index (κ1) is 9.30. The topological polar surface area (TPSA) is 78.9 Å². The number of likely N-dealkylation sites (tertiary alicyclic amines) is 1. The molecule has 78 valence electrons. The molecule has 1 heterocycles. The van der Waals surface area contributed by atoms with Crippen molar-refractivity contribution < 1.29 is 10.0 Å². The molecule has 1 amide bonds. The predicted molar refractivity (Wildman–Crippen MR) is 50.8 cm³/mol. The second kappa shape index (κ2) is 3.15. The van der Waals surface area contributed by atoms with E-state index in [0.29, 0.717) is 12.6 Å². The Labute approximate surface area is 82.6 Å². The fourth-order valence-corrected chi connectivity index (χ4v) is 2.03. The molecule has 0 aromatic heterocycles. The number of rotatable bonds is 2. The molecule has 1 aliphatic carbocycles. The maximum absolute atomic E-state index is 11.8. The third kappa shape index (κ3) is 1.32. The van der Waals surface area contributed by atoms with Gasteiger partial charge in [-0.25, -0.2) is 0 Å². The molecule has 1 aliphatic heterocycles. The number of hydrogen-bond acceptors (Lipinski definition) is 3. The Hall–Kier alpha value is -1.26. The largest absolute Gasteiger partial charge is 0.409 e. The average Bonchev–Trinajstić information content (AvgIpc) is 2.97. The van der Waals surface area contributed by atoms with Crippen LogP contribution in [-0.2, 0) is 4.79 Å². The first-order chi connectivity index (χ1) is 6.65. The van der Waals surface area contributed by atoms with Gasteiger partial charge in [0.1, 0.15) is 5.84 Å². The molecule has 1 saturated carbocycles. The summed E-state index contributed by atoms with van der Waals surface area (Å²) in [7, 11) is 0. The van der Waals surface area contributed by atoms with Crippen molar-refractivity contribution in [3.63, 3.8) is 0 Å². The number of carbonyl (C=O) groups is 1. The summed E-state index contributed by atoms with van der Waals surface area (Å²) >= 11 is 0. The van der Waals surface area contributed by atoms with Crippen LogP contribution < -0.4 is 5.73 Å². The van der Waals surface area contributed by atoms with Crippen molar-refractivity contribution in [2.24, 2.45) is 22.7 Å². The van der Waals surface area contributed by atoms with E-state index in [2.05, 4.69) is 5.16 Å². The van der Waals surface area contributed by atoms with Crippen LogP contribution in [0.4, 0.5) is 0 Å². The highest BCUT2D eigenvalue weighted by Gasteiger charge is 2.45. The quantitative estimate of drug-likeness (QED) is 0.283. The number of nitrogens with two attached hydrogens (primary N) is 1. The van der Waals surface area contributed by atoms with Gasteiger partial charge < -0.3 is 15.8 Å². The number of nitrogens with zero attached hydrogens (tertiary/aromatic N) is 2. The minimum absolute atomic E-state index is 0.118. The summed E-state index contributed by atoms with van der Waals surface area (Å²) in [5.41, 5.74) is 5.53. The highest BCUT2D eigenvalue weighted by molar-refractivity contribution is 5.92. The number of amidine groups is 1. The molecule has 2 aliphatic rings. The van der Waals surface area contributed by atoms with Crippen LogP contribution in [-0.4, -0.2) is 34.4 Å². The normalized spacial score (nSPS) is 33.9. The van der Waals surface area contributed by atoms with Crippen LogP contribution >= 0.6 is 0 Å². The molecule has 14 heavy (non-hydrogen) atoms. The molecule has 2 rings (SSSR count). The molecule has 0 aromatic carbocycles. The maximum Gasteiger partial charge on any atom is 0.226 e. The Bertz CT molecular complexity index is 286. The van der Waals surface area contributed by atoms with E-state index in [1.807, 2.05) is 11.8 Å². The Morgan fingerprint density at radius 1 is 1.64 bits per heavy atom. The van der Waals surface area contributed by atoms with Crippen LogP contribution in [0.2, 0.25) is 0 Å². The van der Waals surface area contributed by atoms with Gasteiger partial charge in [-0.1, -0.05) is 12.1 Å². The zero-order valence-electron chi connectivity index (χ0n) is 8.18. The highest BCUT2D eigenvalue weighted by atomic mass is 16.4. The van der Waals surface area contributed by atoms with E-state index in [1.54, 1.807) is 0 Å². The first-order valence-corrected chi connectivity index (χ1v) is 4.93. The molecule has 5 heteroatoms. The summed E-state index contributed by atoms with van der Waals surface area (Å²) in [5, 5.41) is 11.6. The monoisotopic (exact) mass is 197 g/mol. The van der Waals surface area contributed by atoms with Gasteiger partial charge in [0.25, 0.3) is 0 Å². The summed E-state index contributed by atoms with van der Waals surface area (Å²) in [6, 6.07) is 0.418. The van der Waals surface area contributed by atoms with Crippen LogP contribution in [0.5, 0.6) is 0 Å². The van der Waals surface area contributed by atoms with Gasteiger partial charge >= 0.3 is 0 Å². The van der Waals surface area contributed by atoms with Crippen LogP contribution in [0.3, 0.4) is 0 Å². The van der Waals surface area contributed by atoms with E-state index in [-0.39, 0.29) is 23.6 Å². The molecular weight excluding hydrogens is 182 g/mol. The van der Waals surface area contributed by atoms with E-state index in [1.165, 1.54) is 0 Å². The second-order valence-corrected chi connectivity index (χ2v) is 4.14. The molecular formula is C9H15N3O2. The van der Waals surface area contributed by atoms with Crippen molar-refractivity contribution in [3.8, 4) is 0 Å². The summed E-state index contributed by atoms with van der Waals surface area (Å²) in [4.78, 5) is 13.6. The van der Waals surface area contributed by atoms with E-state index < -0.39 is 0 Å². The molecule has 0 spiro atoms. The average molecular weight is 197 g/mol. The van der Waals surface area contributed by atoms with E-state index >= 15 is 0 Å². The number of hydrogen-bond donors (Lipinski definition) is 2. The fourth-order valence-electron chi connectivity index (χ4n) is 2.03. The lowest BCUT2D eigenvalue weighted by atomic mass is 9.97. The van der Waals surface area contributed by atoms with Crippen molar-refractivity contribution in [1.82, 2.24) is 4.90 Å². The van der Waals surface area contributed by atoms with E-state index in [9.17, 15) is 4.79 Å². The van der Waals surface area contributed by atoms with Gasteiger partial charge in [0.05, 0.1) is 0 Å². The summed E-state index contributed by atoms with van der Waals surface area (Å²) in [6.07, 6.45) is 2.20.